The van der Waals surface area contributed by atoms with E-state index >= 15 is 0 Å². The van der Waals surface area contributed by atoms with Crippen LogP contribution in [-0.4, -0.2) is 43.7 Å². The van der Waals surface area contributed by atoms with Crippen molar-refractivity contribution >= 4 is 21.6 Å². The summed E-state index contributed by atoms with van der Waals surface area (Å²) in [5.74, 6) is -0.0752. The first-order valence-electron chi connectivity index (χ1n) is 9.66. The zero-order valence-corrected chi connectivity index (χ0v) is 17.2. The number of carbonyl (C=O) groups is 1. The van der Waals surface area contributed by atoms with Gasteiger partial charge < -0.3 is 10.2 Å². The number of nitrogens with zero attached hydrogens (tertiary/aromatic N) is 3. The lowest BCUT2D eigenvalue weighted by molar-refractivity contribution is -0.119. The van der Waals surface area contributed by atoms with Crippen LogP contribution in [0.25, 0.3) is 5.69 Å². The molecule has 3 aromatic rings. The van der Waals surface area contributed by atoms with Crippen molar-refractivity contribution in [3.05, 3.63) is 72.1 Å². The van der Waals surface area contributed by atoms with Crippen LogP contribution >= 0.6 is 0 Å². The van der Waals surface area contributed by atoms with Crippen LogP contribution in [0.3, 0.4) is 0 Å². The van der Waals surface area contributed by atoms with Gasteiger partial charge in [0.25, 0.3) is 0 Å². The minimum atomic E-state index is -3.72. The van der Waals surface area contributed by atoms with Crippen molar-refractivity contribution in [1.29, 1.82) is 0 Å². The smallest absolute Gasteiger partial charge is 0.239 e. The van der Waals surface area contributed by atoms with E-state index < -0.39 is 10.0 Å². The van der Waals surface area contributed by atoms with Crippen molar-refractivity contribution < 1.29 is 13.2 Å². The van der Waals surface area contributed by atoms with E-state index in [1.165, 1.54) is 6.07 Å². The lowest BCUT2D eigenvalue weighted by Crippen LogP contribution is -2.37. The summed E-state index contributed by atoms with van der Waals surface area (Å²) in [5.41, 5.74) is 3.80. The first-order valence-corrected chi connectivity index (χ1v) is 11.2. The van der Waals surface area contributed by atoms with Crippen LogP contribution < -0.4 is 15.4 Å². The number of anilines is 1. The van der Waals surface area contributed by atoms with Crippen LogP contribution in [0.4, 0.5) is 5.69 Å². The number of rotatable bonds is 7. The van der Waals surface area contributed by atoms with Gasteiger partial charge in [0.1, 0.15) is 0 Å². The molecule has 0 radical (unpaired) electrons. The number of hydrogen-bond donors (Lipinski definition) is 2. The Morgan fingerprint density at radius 2 is 1.97 bits per heavy atom. The van der Waals surface area contributed by atoms with Crippen LogP contribution in [0.1, 0.15) is 11.1 Å². The Kier molecular flexibility index (Phi) is 5.56. The summed E-state index contributed by atoms with van der Waals surface area (Å²) in [4.78, 5) is 14.4. The topological polar surface area (TPSA) is 110 Å². The fraction of sp³-hybridized carbons (Fsp3) is 0.238. The zero-order chi connectivity index (χ0) is 21.1. The van der Waals surface area contributed by atoms with Gasteiger partial charge in [-0.15, -0.1) is 0 Å². The summed E-state index contributed by atoms with van der Waals surface area (Å²) < 4.78 is 24.8. The molecule has 0 bridgehead atoms. The Morgan fingerprint density at radius 3 is 2.73 bits per heavy atom. The number of benzene rings is 2. The predicted molar refractivity (Wildman–Crippen MR) is 114 cm³/mol. The standard InChI is InChI=1S/C21H23N5O3S/c22-30(28,29)19-6-7-20-17(12-19)9-11-25(20)15-21(27)23-10-8-16-13-24-26(14-16)18-4-2-1-3-5-18/h1-7,12-14H,8-11,15H2,(H,23,27)(H2,22,28,29). The zero-order valence-electron chi connectivity index (χ0n) is 16.4. The molecule has 2 aromatic carbocycles. The Balaban J connectivity index is 1.29. The predicted octanol–water partition coefficient (Wildman–Crippen LogP) is 1.24. The van der Waals surface area contributed by atoms with E-state index in [1.54, 1.807) is 18.3 Å². The molecule has 3 N–H and O–H groups in total. The molecule has 1 aromatic heterocycles. The summed E-state index contributed by atoms with van der Waals surface area (Å²) in [6.07, 6.45) is 5.14. The number of primary sulfonamides is 1. The van der Waals surface area contributed by atoms with E-state index in [0.717, 1.165) is 22.5 Å². The summed E-state index contributed by atoms with van der Waals surface area (Å²) in [6, 6.07) is 14.6. The molecule has 0 atom stereocenters. The van der Waals surface area contributed by atoms with E-state index in [-0.39, 0.29) is 17.3 Å². The molecule has 9 heteroatoms. The first-order chi connectivity index (χ1) is 14.4. The van der Waals surface area contributed by atoms with Crippen molar-refractivity contribution in [3.63, 3.8) is 0 Å². The van der Waals surface area contributed by atoms with Gasteiger partial charge >= 0.3 is 0 Å². The highest BCUT2D eigenvalue weighted by Gasteiger charge is 2.23. The maximum Gasteiger partial charge on any atom is 0.239 e. The molecule has 4 rings (SSSR count). The Bertz CT molecular complexity index is 1160. The minimum absolute atomic E-state index is 0.0752. The lowest BCUT2D eigenvalue weighted by Gasteiger charge is -2.19. The van der Waals surface area contributed by atoms with E-state index in [9.17, 15) is 13.2 Å². The summed E-state index contributed by atoms with van der Waals surface area (Å²) in [5, 5.41) is 12.5. The molecule has 8 nitrogen and oxygen atoms in total. The number of nitrogens with one attached hydrogen (secondary N) is 1. The van der Waals surface area contributed by atoms with E-state index in [2.05, 4.69) is 10.4 Å². The summed E-state index contributed by atoms with van der Waals surface area (Å²) in [7, 11) is -3.72. The number of para-hydroxylation sites is 1. The molecule has 0 unspecified atom stereocenters. The second-order valence-corrected chi connectivity index (χ2v) is 8.80. The van der Waals surface area contributed by atoms with Crippen molar-refractivity contribution in [2.75, 3.05) is 24.5 Å². The van der Waals surface area contributed by atoms with Gasteiger partial charge in [-0.05, 0) is 54.3 Å². The highest BCUT2D eigenvalue weighted by Crippen LogP contribution is 2.29. The molecule has 0 spiro atoms. The quantitative estimate of drug-likeness (QED) is 0.592. The fourth-order valence-electron chi connectivity index (χ4n) is 3.57. The SMILES string of the molecule is NS(=O)(=O)c1ccc2c(c1)CCN2CC(=O)NCCc1cnn(-c2ccccc2)c1. The fourth-order valence-corrected chi connectivity index (χ4v) is 4.14. The van der Waals surface area contributed by atoms with Gasteiger partial charge in [-0.2, -0.15) is 5.10 Å². The molecule has 0 fully saturated rings. The third kappa shape index (κ3) is 4.52. The van der Waals surface area contributed by atoms with Gasteiger partial charge in [0.05, 0.1) is 23.3 Å². The van der Waals surface area contributed by atoms with Gasteiger partial charge in [-0.1, -0.05) is 18.2 Å². The van der Waals surface area contributed by atoms with Gasteiger partial charge in [-0.3, -0.25) is 4.79 Å². The van der Waals surface area contributed by atoms with Gasteiger partial charge in [0.15, 0.2) is 0 Å². The Labute approximate surface area is 175 Å². The number of fused-ring (bicyclic) bond motifs is 1. The third-order valence-corrected chi connectivity index (χ3v) is 6.01. The highest BCUT2D eigenvalue weighted by molar-refractivity contribution is 7.89. The van der Waals surface area contributed by atoms with Crippen LogP contribution in [0, 0.1) is 0 Å². The molecule has 1 amide bonds. The van der Waals surface area contributed by atoms with Crippen molar-refractivity contribution in [2.24, 2.45) is 5.14 Å². The number of carbonyl (C=O) groups excluding carboxylic acids is 1. The van der Waals surface area contributed by atoms with Crippen LogP contribution in [0.15, 0.2) is 65.8 Å². The second-order valence-electron chi connectivity index (χ2n) is 7.24. The maximum absolute atomic E-state index is 12.4. The highest BCUT2D eigenvalue weighted by atomic mass is 32.2. The van der Waals surface area contributed by atoms with E-state index in [1.807, 2.05) is 46.1 Å². The molecule has 1 aliphatic rings. The maximum atomic E-state index is 12.4. The molecule has 1 aliphatic heterocycles. The third-order valence-electron chi connectivity index (χ3n) is 5.10. The number of nitrogens with two attached hydrogens (primary N) is 1. The summed E-state index contributed by atoms with van der Waals surface area (Å²) in [6.45, 7) is 1.41. The molecule has 30 heavy (non-hydrogen) atoms. The van der Waals surface area contributed by atoms with Crippen molar-refractivity contribution in [3.8, 4) is 5.69 Å². The Hall–Kier alpha value is -3.17. The number of amides is 1. The van der Waals surface area contributed by atoms with Crippen LogP contribution in [-0.2, 0) is 27.7 Å². The van der Waals surface area contributed by atoms with Crippen LogP contribution in [0.5, 0.6) is 0 Å². The minimum Gasteiger partial charge on any atom is -0.362 e. The average molecular weight is 426 g/mol. The molecule has 0 saturated carbocycles. The summed E-state index contributed by atoms with van der Waals surface area (Å²) >= 11 is 0. The van der Waals surface area contributed by atoms with Crippen LogP contribution in [0.2, 0.25) is 0 Å². The average Bonchev–Trinajstić information content (AvgIpc) is 3.35. The van der Waals surface area contributed by atoms with Gasteiger partial charge in [0, 0.05) is 25.0 Å². The van der Waals surface area contributed by atoms with E-state index in [4.69, 9.17) is 5.14 Å². The monoisotopic (exact) mass is 425 g/mol. The largest absolute Gasteiger partial charge is 0.362 e. The Morgan fingerprint density at radius 1 is 1.17 bits per heavy atom. The second kappa shape index (κ2) is 8.29. The number of hydrogen-bond acceptors (Lipinski definition) is 5. The normalized spacial score (nSPS) is 13.3. The van der Waals surface area contributed by atoms with Gasteiger partial charge in [0.2, 0.25) is 15.9 Å². The van der Waals surface area contributed by atoms with Crippen molar-refractivity contribution in [1.82, 2.24) is 15.1 Å². The molecule has 2 heterocycles. The van der Waals surface area contributed by atoms with Gasteiger partial charge in [-0.25, -0.2) is 18.2 Å². The molecule has 156 valence electrons. The number of aromatic nitrogens is 2. The molecule has 0 aliphatic carbocycles. The first kappa shape index (κ1) is 20.1. The number of sulfonamides is 1. The molecular formula is C21H23N5O3S. The molecule has 0 saturated heterocycles. The van der Waals surface area contributed by atoms with Crippen molar-refractivity contribution in [2.45, 2.75) is 17.7 Å². The van der Waals surface area contributed by atoms with E-state index in [0.29, 0.717) is 25.9 Å². The lowest BCUT2D eigenvalue weighted by atomic mass is 10.2. The molecular weight excluding hydrogens is 402 g/mol.